The average Bonchev–Trinajstić information content (AvgIpc) is 2.29. The fourth-order valence-corrected chi connectivity index (χ4v) is 1.61. The molecule has 0 unspecified atom stereocenters. The molecule has 0 saturated carbocycles. The lowest BCUT2D eigenvalue weighted by Crippen LogP contribution is -2.27. The van der Waals surface area contributed by atoms with Gasteiger partial charge in [0.1, 0.15) is 5.82 Å². The van der Waals surface area contributed by atoms with Crippen molar-refractivity contribution in [2.75, 3.05) is 13.2 Å². The maximum atomic E-state index is 13.4. The zero-order valence-electron chi connectivity index (χ0n) is 9.83. The van der Waals surface area contributed by atoms with Crippen LogP contribution in [0.25, 0.3) is 0 Å². The summed E-state index contributed by atoms with van der Waals surface area (Å²) in [6.45, 7) is 2.12. The first-order chi connectivity index (χ1) is 8.54. The van der Waals surface area contributed by atoms with Crippen LogP contribution in [0, 0.1) is 5.82 Å². The normalized spacial score (nSPS) is 9.94. The molecule has 0 spiro atoms. The average molecular weight is 318 g/mol. The summed E-state index contributed by atoms with van der Waals surface area (Å²) in [6.07, 6.45) is 0.0672. The molecule has 0 bridgehead atoms. The Labute approximate surface area is 113 Å². The monoisotopic (exact) mass is 317 g/mol. The Morgan fingerprint density at radius 3 is 2.78 bits per heavy atom. The predicted octanol–water partition coefficient (Wildman–Crippen LogP) is 2.27. The van der Waals surface area contributed by atoms with Crippen molar-refractivity contribution in [3.8, 4) is 0 Å². The van der Waals surface area contributed by atoms with E-state index < -0.39 is 17.7 Å². The zero-order valence-corrected chi connectivity index (χ0v) is 11.4. The Hall–Kier alpha value is -1.43. The summed E-state index contributed by atoms with van der Waals surface area (Å²) in [5.74, 6) is -1.56. The SMILES string of the molecule is CCOC(=O)CCNC(=O)c1ccc(Br)cc1F. The fourth-order valence-electron chi connectivity index (χ4n) is 1.28. The van der Waals surface area contributed by atoms with Crippen LogP contribution >= 0.6 is 15.9 Å². The maximum Gasteiger partial charge on any atom is 0.307 e. The molecule has 98 valence electrons. The van der Waals surface area contributed by atoms with E-state index in [-0.39, 0.29) is 18.5 Å². The van der Waals surface area contributed by atoms with Gasteiger partial charge in [0, 0.05) is 11.0 Å². The largest absolute Gasteiger partial charge is 0.466 e. The van der Waals surface area contributed by atoms with E-state index in [9.17, 15) is 14.0 Å². The van der Waals surface area contributed by atoms with E-state index in [2.05, 4.69) is 21.2 Å². The molecule has 0 atom stereocenters. The summed E-state index contributed by atoms with van der Waals surface area (Å²) in [5, 5.41) is 2.45. The molecule has 0 aliphatic carbocycles. The predicted molar refractivity (Wildman–Crippen MR) is 67.7 cm³/mol. The lowest BCUT2D eigenvalue weighted by atomic mass is 10.2. The topological polar surface area (TPSA) is 55.4 Å². The van der Waals surface area contributed by atoms with Crippen LogP contribution in [0.1, 0.15) is 23.7 Å². The van der Waals surface area contributed by atoms with Crippen LogP contribution in [0.3, 0.4) is 0 Å². The van der Waals surface area contributed by atoms with Crippen molar-refractivity contribution in [3.05, 3.63) is 34.1 Å². The van der Waals surface area contributed by atoms with E-state index in [0.29, 0.717) is 11.1 Å². The van der Waals surface area contributed by atoms with E-state index in [1.54, 1.807) is 13.0 Å². The first kappa shape index (κ1) is 14.6. The summed E-state index contributed by atoms with van der Waals surface area (Å²) in [5.41, 5.74) is -0.0536. The molecule has 0 heterocycles. The molecule has 1 amide bonds. The van der Waals surface area contributed by atoms with Gasteiger partial charge in [-0.1, -0.05) is 15.9 Å². The highest BCUT2D eigenvalue weighted by Gasteiger charge is 2.12. The van der Waals surface area contributed by atoms with Gasteiger partial charge in [-0.05, 0) is 25.1 Å². The van der Waals surface area contributed by atoms with Gasteiger partial charge in [-0.3, -0.25) is 9.59 Å². The van der Waals surface area contributed by atoms with Crippen molar-refractivity contribution in [2.24, 2.45) is 0 Å². The molecule has 6 heteroatoms. The molecule has 0 saturated heterocycles. The van der Waals surface area contributed by atoms with Gasteiger partial charge in [0.25, 0.3) is 5.91 Å². The summed E-state index contributed by atoms with van der Waals surface area (Å²) in [7, 11) is 0. The molecular weight excluding hydrogens is 305 g/mol. The number of halogens is 2. The number of nitrogens with one attached hydrogen (secondary N) is 1. The summed E-state index contributed by atoms with van der Waals surface area (Å²) < 4.78 is 18.7. The van der Waals surface area contributed by atoms with Gasteiger partial charge in [-0.15, -0.1) is 0 Å². The molecular formula is C12H13BrFNO3. The van der Waals surface area contributed by atoms with Crippen molar-refractivity contribution in [1.29, 1.82) is 0 Å². The highest BCUT2D eigenvalue weighted by atomic mass is 79.9. The van der Waals surface area contributed by atoms with Crippen LogP contribution in [0.4, 0.5) is 4.39 Å². The van der Waals surface area contributed by atoms with Crippen molar-refractivity contribution in [2.45, 2.75) is 13.3 Å². The maximum absolute atomic E-state index is 13.4. The lowest BCUT2D eigenvalue weighted by molar-refractivity contribution is -0.142. The smallest absolute Gasteiger partial charge is 0.307 e. The molecule has 18 heavy (non-hydrogen) atoms. The first-order valence-electron chi connectivity index (χ1n) is 5.43. The molecule has 0 aliphatic rings. The minimum atomic E-state index is -0.613. The third kappa shape index (κ3) is 4.44. The third-order valence-corrected chi connectivity index (χ3v) is 2.59. The minimum Gasteiger partial charge on any atom is -0.466 e. The van der Waals surface area contributed by atoms with Crippen LogP contribution in [0.15, 0.2) is 22.7 Å². The molecule has 0 fully saturated rings. The second-order valence-corrected chi connectivity index (χ2v) is 4.35. The molecule has 4 nitrogen and oxygen atoms in total. The van der Waals surface area contributed by atoms with E-state index in [1.807, 2.05) is 0 Å². The number of ether oxygens (including phenoxy) is 1. The van der Waals surface area contributed by atoms with Gasteiger partial charge in [-0.2, -0.15) is 0 Å². The zero-order chi connectivity index (χ0) is 13.5. The summed E-state index contributed by atoms with van der Waals surface area (Å²) in [6, 6.07) is 4.16. The molecule has 1 rings (SSSR count). The van der Waals surface area contributed by atoms with Gasteiger partial charge in [0.15, 0.2) is 0 Å². The van der Waals surface area contributed by atoms with Crippen molar-refractivity contribution in [3.63, 3.8) is 0 Å². The summed E-state index contributed by atoms with van der Waals surface area (Å²) in [4.78, 5) is 22.6. The Balaban J connectivity index is 2.48. The third-order valence-electron chi connectivity index (χ3n) is 2.10. The van der Waals surface area contributed by atoms with Gasteiger partial charge in [0.05, 0.1) is 18.6 Å². The standard InChI is InChI=1S/C12H13BrFNO3/c1-2-18-11(16)5-6-15-12(17)9-4-3-8(13)7-10(9)14/h3-4,7H,2,5-6H2,1H3,(H,15,17). The Morgan fingerprint density at radius 1 is 1.44 bits per heavy atom. The van der Waals surface area contributed by atoms with E-state index in [4.69, 9.17) is 4.74 Å². The number of benzene rings is 1. The number of hydrogen-bond donors (Lipinski definition) is 1. The van der Waals surface area contributed by atoms with E-state index >= 15 is 0 Å². The van der Waals surface area contributed by atoms with E-state index in [1.165, 1.54) is 12.1 Å². The molecule has 0 aliphatic heterocycles. The Morgan fingerprint density at radius 2 is 2.17 bits per heavy atom. The number of hydrogen-bond acceptors (Lipinski definition) is 3. The molecule has 0 aromatic heterocycles. The van der Waals surface area contributed by atoms with Crippen LogP contribution in [-0.4, -0.2) is 25.0 Å². The second kappa shape index (κ2) is 7.10. The van der Waals surface area contributed by atoms with E-state index in [0.717, 1.165) is 0 Å². The number of esters is 1. The molecule has 0 radical (unpaired) electrons. The lowest BCUT2D eigenvalue weighted by Gasteiger charge is -2.06. The first-order valence-corrected chi connectivity index (χ1v) is 6.22. The van der Waals surface area contributed by atoms with Gasteiger partial charge in [-0.25, -0.2) is 4.39 Å². The summed E-state index contributed by atoms with van der Waals surface area (Å²) >= 11 is 3.10. The Bertz CT molecular complexity index is 451. The second-order valence-electron chi connectivity index (χ2n) is 3.44. The fraction of sp³-hybridized carbons (Fsp3) is 0.333. The minimum absolute atomic E-state index is 0.0536. The Kier molecular flexibility index (Phi) is 5.77. The van der Waals surface area contributed by atoms with Crippen LogP contribution in [-0.2, 0) is 9.53 Å². The van der Waals surface area contributed by atoms with Crippen molar-refractivity contribution < 1.29 is 18.7 Å². The number of carbonyl (C=O) groups is 2. The highest BCUT2D eigenvalue weighted by molar-refractivity contribution is 9.10. The number of carbonyl (C=O) groups excluding carboxylic acids is 2. The molecule has 1 N–H and O–H groups in total. The number of amides is 1. The van der Waals surface area contributed by atoms with Gasteiger partial charge < -0.3 is 10.1 Å². The van der Waals surface area contributed by atoms with Crippen LogP contribution in [0.2, 0.25) is 0 Å². The number of rotatable bonds is 5. The molecule has 1 aromatic rings. The highest BCUT2D eigenvalue weighted by Crippen LogP contribution is 2.15. The van der Waals surface area contributed by atoms with Crippen LogP contribution in [0.5, 0.6) is 0 Å². The van der Waals surface area contributed by atoms with Crippen molar-refractivity contribution >= 4 is 27.8 Å². The molecule has 1 aromatic carbocycles. The van der Waals surface area contributed by atoms with Gasteiger partial charge in [0.2, 0.25) is 0 Å². The quantitative estimate of drug-likeness (QED) is 0.848. The van der Waals surface area contributed by atoms with Crippen molar-refractivity contribution in [1.82, 2.24) is 5.32 Å². The van der Waals surface area contributed by atoms with Gasteiger partial charge >= 0.3 is 5.97 Å². The van der Waals surface area contributed by atoms with Crippen LogP contribution < -0.4 is 5.32 Å².